The van der Waals surface area contributed by atoms with Crippen LogP contribution >= 0.6 is 0 Å². The minimum Gasteiger partial charge on any atom is -0.462 e. The Bertz CT molecular complexity index is 953. The summed E-state index contributed by atoms with van der Waals surface area (Å²) in [6.07, 6.45) is 51.6. The van der Waals surface area contributed by atoms with E-state index in [1.807, 2.05) is 6.08 Å². The van der Waals surface area contributed by atoms with Gasteiger partial charge < -0.3 is 14.2 Å². The minimum absolute atomic E-state index is 0.0948. The molecular weight excluding hydrogens is 697 g/mol. The topological polar surface area (TPSA) is 78.9 Å². The predicted octanol–water partition coefficient (Wildman–Crippen LogP) is 15.4. The number of rotatable bonds is 43. The highest BCUT2D eigenvalue weighted by Crippen LogP contribution is 2.16. The Hall–Kier alpha value is -2.37. The molecule has 6 heteroatoms. The zero-order valence-corrected chi connectivity index (χ0v) is 37.2. The van der Waals surface area contributed by atoms with Gasteiger partial charge in [0.1, 0.15) is 13.2 Å². The van der Waals surface area contributed by atoms with Gasteiger partial charge in [0.25, 0.3) is 0 Å². The van der Waals surface area contributed by atoms with Crippen LogP contribution in [0.25, 0.3) is 0 Å². The van der Waals surface area contributed by atoms with Crippen LogP contribution in [0.1, 0.15) is 245 Å². The summed E-state index contributed by atoms with van der Waals surface area (Å²) < 4.78 is 16.6. The van der Waals surface area contributed by atoms with E-state index in [2.05, 4.69) is 45.1 Å². The van der Waals surface area contributed by atoms with Gasteiger partial charge in [-0.2, -0.15) is 0 Å². The third-order valence-electron chi connectivity index (χ3n) is 10.4. The molecule has 0 spiro atoms. The molecular formula is C50H90O6. The van der Waals surface area contributed by atoms with Crippen LogP contribution < -0.4 is 0 Å². The van der Waals surface area contributed by atoms with Crippen molar-refractivity contribution in [2.75, 3.05) is 13.2 Å². The van der Waals surface area contributed by atoms with Gasteiger partial charge >= 0.3 is 17.9 Å². The third kappa shape index (κ3) is 42.8. The third-order valence-corrected chi connectivity index (χ3v) is 10.4. The molecule has 0 N–H and O–H groups in total. The molecule has 0 rings (SSSR count). The number of esters is 3. The first-order valence-electron chi connectivity index (χ1n) is 24.0. The van der Waals surface area contributed by atoms with E-state index < -0.39 is 12.1 Å². The van der Waals surface area contributed by atoms with Gasteiger partial charge in [0, 0.05) is 12.8 Å². The van der Waals surface area contributed by atoms with E-state index in [9.17, 15) is 14.4 Å². The second-order valence-corrected chi connectivity index (χ2v) is 16.0. The summed E-state index contributed by atoms with van der Waals surface area (Å²) in [4.78, 5) is 37.7. The van der Waals surface area contributed by atoms with Crippen molar-refractivity contribution in [3.8, 4) is 0 Å². The first-order valence-corrected chi connectivity index (χ1v) is 24.0. The van der Waals surface area contributed by atoms with Gasteiger partial charge in [-0.1, -0.05) is 231 Å². The van der Waals surface area contributed by atoms with Gasteiger partial charge in [-0.15, -0.1) is 0 Å². The smallest absolute Gasteiger partial charge is 0.309 e. The Morgan fingerprint density at radius 1 is 0.375 bits per heavy atom. The Labute approximate surface area is 346 Å². The number of carbonyl (C=O) groups excluding carboxylic acids is 3. The molecule has 1 unspecified atom stereocenters. The maximum absolute atomic E-state index is 12.7. The van der Waals surface area contributed by atoms with Crippen molar-refractivity contribution < 1.29 is 28.6 Å². The molecule has 0 aliphatic carbocycles. The molecule has 0 heterocycles. The van der Waals surface area contributed by atoms with Crippen molar-refractivity contribution in [2.24, 2.45) is 0 Å². The number of unbranched alkanes of at least 4 members (excludes halogenated alkanes) is 27. The summed E-state index contributed by atoms with van der Waals surface area (Å²) in [5, 5.41) is 0. The Balaban J connectivity index is 4.34. The Morgan fingerprint density at radius 2 is 0.696 bits per heavy atom. The molecule has 0 aromatic heterocycles. The lowest BCUT2D eigenvalue weighted by molar-refractivity contribution is -0.166. The minimum atomic E-state index is -0.800. The highest BCUT2D eigenvalue weighted by Gasteiger charge is 2.19. The van der Waals surface area contributed by atoms with Crippen LogP contribution in [0.2, 0.25) is 0 Å². The van der Waals surface area contributed by atoms with E-state index in [4.69, 9.17) is 14.2 Å². The molecule has 0 aromatic rings. The second kappa shape index (κ2) is 45.3. The van der Waals surface area contributed by atoms with E-state index in [1.54, 1.807) is 6.08 Å². The number of carbonyl (C=O) groups is 3. The zero-order valence-electron chi connectivity index (χ0n) is 37.2. The molecule has 0 fully saturated rings. The van der Waals surface area contributed by atoms with Crippen molar-refractivity contribution in [2.45, 2.75) is 252 Å². The first-order chi connectivity index (χ1) is 27.5. The Kier molecular flexibility index (Phi) is 43.4. The van der Waals surface area contributed by atoms with Crippen molar-refractivity contribution in [3.63, 3.8) is 0 Å². The molecule has 0 saturated carbocycles. The molecule has 326 valence electrons. The fourth-order valence-corrected chi connectivity index (χ4v) is 6.86. The fraction of sp³-hybridized carbons (Fsp3) is 0.820. The van der Waals surface area contributed by atoms with E-state index in [0.717, 1.165) is 57.8 Å². The molecule has 0 aliphatic rings. The van der Waals surface area contributed by atoms with Crippen LogP contribution in [0.15, 0.2) is 36.5 Å². The first kappa shape index (κ1) is 53.6. The second-order valence-electron chi connectivity index (χ2n) is 16.0. The maximum Gasteiger partial charge on any atom is 0.309 e. The molecule has 1 atom stereocenters. The van der Waals surface area contributed by atoms with Crippen molar-refractivity contribution in [3.05, 3.63) is 36.5 Å². The number of allylic oxidation sites excluding steroid dienone is 5. The van der Waals surface area contributed by atoms with Crippen LogP contribution in [0.5, 0.6) is 0 Å². The standard InChI is InChI=1S/C50H90O6/c1-4-7-10-13-16-19-21-23-24-25-27-28-31-34-37-40-43-49(52)55-46-47(45-54-48(51)42-39-36-33-30-18-15-12-9-6-3)56-50(53)44-41-38-35-32-29-26-22-20-17-14-11-8-5-2/h9,12,18,30,36,39,47H,4-8,10-11,13-17,19-29,31-35,37-38,40-46H2,1-3H3/b12-9-,30-18-,39-36-. The SMILES string of the molecule is CC/C=C\C/C=C\C/C=C\CC(=O)OCC(COC(=O)CCCCCCCCCCCCCCCCCC)OC(=O)CCCCCCCCCCCCCCC. The molecule has 0 radical (unpaired) electrons. The van der Waals surface area contributed by atoms with Crippen molar-refractivity contribution >= 4 is 17.9 Å². The highest BCUT2D eigenvalue weighted by atomic mass is 16.6. The average molecular weight is 787 g/mol. The largest absolute Gasteiger partial charge is 0.462 e. The van der Waals surface area contributed by atoms with Crippen molar-refractivity contribution in [1.82, 2.24) is 0 Å². The van der Waals surface area contributed by atoms with Gasteiger partial charge in [0.2, 0.25) is 0 Å². The van der Waals surface area contributed by atoms with Gasteiger partial charge in [-0.25, -0.2) is 0 Å². The highest BCUT2D eigenvalue weighted by molar-refractivity contribution is 5.72. The fourth-order valence-electron chi connectivity index (χ4n) is 6.86. The normalized spacial score (nSPS) is 12.3. The molecule has 0 aromatic carbocycles. The quantitative estimate of drug-likeness (QED) is 0.0265. The van der Waals surface area contributed by atoms with E-state index >= 15 is 0 Å². The lowest BCUT2D eigenvalue weighted by Gasteiger charge is -2.18. The number of hydrogen-bond acceptors (Lipinski definition) is 6. The summed E-state index contributed by atoms with van der Waals surface area (Å²) in [6, 6.07) is 0. The van der Waals surface area contributed by atoms with E-state index in [0.29, 0.717) is 12.8 Å². The van der Waals surface area contributed by atoms with Crippen LogP contribution in [-0.4, -0.2) is 37.2 Å². The summed E-state index contributed by atoms with van der Waals surface area (Å²) in [5.74, 6) is -1.02. The van der Waals surface area contributed by atoms with Crippen LogP contribution in [0.3, 0.4) is 0 Å². The predicted molar refractivity (Wildman–Crippen MR) is 238 cm³/mol. The van der Waals surface area contributed by atoms with Gasteiger partial charge in [-0.3, -0.25) is 14.4 Å². The monoisotopic (exact) mass is 787 g/mol. The summed E-state index contributed by atoms with van der Waals surface area (Å²) in [5.41, 5.74) is 0. The number of hydrogen-bond donors (Lipinski definition) is 0. The lowest BCUT2D eigenvalue weighted by Crippen LogP contribution is -2.30. The van der Waals surface area contributed by atoms with Gasteiger partial charge in [0.05, 0.1) is 6.42 Å². The maximum atomic E-state index is 12.7. The summed E-state index contributed by atoms with van der Waals surface area (Å²) in [6.45, 7) is 6.44. The lowest BCUT2D eigenvalue weighted by atomic mass is 10.0. The van der Waals surface area contributed by atoms with Crippen LogP contribution in [-0.2, 0) is 28.6 Å². The molecule has 6 nitrogen and oxygen atoms in total. The number of ether oxygens (including phenoxy) is 3. The summed E-state index contributed by atoms with van der Waals surface area (Å²) >= 11 is 0. The van der Waals surface area contributed by atoms with E-state index in [1.165, 1.54) is 148 Å². The average Bonchev–Trinajstić information content (AvgIpc) is 3.19. The molecule has 0 amide bonds. The molecule has 0 aliphatic heterocycles. The van der Waals surface area contributed by atoms with Crippen LogP contribution in [0, 0.1) is 0 Å². The summed E-state index contributed by atoms with van der Waals surface area (Å²) in [7, 11) is 0. The van der Waals surface area contributed by atoms with Crippen molar-refractivity contribution in [1.29, 1.82) is 0 Å². The van der Waals surface area contributed by atoms with Gasteiger partial charge in [-0.05, 0) is 32.1 Å². The van der Waals surface area contributed by atoms with Crippen LogP contribution in [0.4, 0.5) is 0 Å². The zero-order chi connectivity index (χ0) is 40.8. The molecule has 56 heavy (non-hydrogen) atoms. The molecule has 0 bridgehead atoms. The molecule has 0 saturated heterocycles. The van der Waals surface area contributed by atoms with Gasteiger partial charge in [0.15, 0.2) is 6.10 Å². The van der Waals surface area contributed by atoms with E-state index in [-0.39, 0.29) is 31.6 Å². The Morgan fingerprint density at radius 3 is 1.09 bits per heavy atom.